The minimum absolute atomic E-state index is 0.0252. The quantitative estimate of drug-likeness (QED) is 0.361. The molecule has 0 bridgehead atoms. The van der Waals surface area contributed by atoms with Gasteiger partial charge in [0.05, 0.1) is 11.1 Å². The van der Waals surface area contributed by atoms with Crippen molar-refractivity contribution in [3.8, 4) is 11.1 Å². The van der Waals surface area contributed by atoms with Gasteiger partial charge >= 0.3 is 0 Å². The number of rotatable bonds is 8. The Balaban J connectivity index is 1.55. The summed E-state index contributed by atoms with van der Waals surface area (Å²) in [4.78, 5) is 8.91. The van der Waals surface area contributed by atoms with E-state index >= 15 is 0 Å². The van der Waals surface area contributed by atoms with Crippen LogP contribution in [-0.4, -0.2) is 12.1 Å². The highest BCUT2D eigenvalue weighted by molar-refractivity contribution is 6.22. The summed E-state index contributed by atoms with van der Waals surface area (Å²) < 4.78 is 0. The Morgan fingerprint density at radius 1 is 0.943 bits per heavy atom. The molecule has 0 amide bonds. The third-order valence-electron chi connectivity index (χ3n) is 9.38. The Morgan fingerprint density at radius 2 is 1.69 bits per heavy atom. The first-order valence-electron chi connectivity index (χ1n) is 14.0. The molecule has 0 saturated carbocycles. The molecule has 0 N–H and O–H groups in total. The standard InChI is InChI=1S/C32H40N2O/c1-7-10-11-12-20(6)21-13-14-23-25-16-22(19(4)5)17-26-24-18-28(24)32(8-2,9-3)31-34(29(25)26)30(33-35-31)27(23)15-21/h13-17,19-20,31H,7-12,18H2,1-6H3. The molecule has 35 heavy (non-hydrogen) atoms. The van der Waals surface area contributed by atoms with E-state index in [0.29, 0.717) is 11.8 Å². The lowest BCUT2D eigenvalue weighted by molar-refractivity contribution is -0.00104. The molecule has 0 spiro atoms. The second-order valence-electron chi connectivity index (χ2n) is 11.6. The molecule has 184 valence electrons. The molecule has 3 heteroatoms. The highest BCUT2D eigenvalue weighted by atomic mass is 16.7. The largest absolute Gasteiger partial charge is 0.367 e. The Morgan fingerprint density at radius 3 is 2.40 bits per heavy atom. The smallest absolute Gasteiger partial charge is 0.214 e. The number of nitrogens with zero attached hydrogens (tertiary/aromatic N) is 2. The van der Waals surface area contributed by atoms with E-state index in [9.17, 15) is 0 Å². The number of benzene rings is 2. The van der Waals surface area contributed by atoms with Gasteiger partial charge in [0.15, 0.2) is 5.84 Å². The maximum absolute atomic E-state index is 6.42. The van der Waals surface area contributed by atoms with E-state index < -0.39 is 0 Å². The first-order chi connectivity index (χ1) is 16.9. The SMILES string of the molecule is CCCCCC(C)c1ccc2c(c1)C1=NOC3N1c1c(cc(C(C)C)cc1-2)C1=C(C1)C3(CC)CC. The summed E-state index contributed by atoms with van der Waals surface area (Å²) in [6.07, 6.45) is 8.35. The van der Waals surface area contributed by atoms with Crippen molar-refractivity contribution in [2.75, 3.05) is 4.90 Å². The summed E-state index contributed by atoms with van der Waals surface area (Å²) in [6.45, 7) is 14.0. The van der Waals surface area contributed by atoms with E-state index in [-0.39, 0.29) is 11.6 Å². The molecule has 2 atom stereocenters. The highest BCUT2D eigenvalue weighted by Gasteiger charge is 2.57. The Hall–Kier alpha value is -2.55. The first kappa shape index (κ1) is 22.9. The molecule has 1 aliphatic carbocycles. The minimum Gasteiger partial charge on any atom is -0.367 e. The maximum Gasteiger partial charge on any atom is 0.214 e. The second-order valence-corrected chi connectivity index (χ2v) is 11.6. The Kier molecular flexibility index (Phi) is 5.39. The van der Waals surface area contributed by atoms with Crippen LogP contribution in [0.5, 0.6) is 0 Å². The normalized spacial score (nSPS) is 21.2. The summed E-state index contributed by atoms with van der Waals surface area (Å²) in [5.74, 6) is 2.07. The van der Waals surface area contributed by atoms with Gasteiger partial charge in [-0.05, 0) is 83.6 Å². The fourth-order valence-electron chi connectivity index (χ4n) is 6.93. The van der Waals surface area contributed by atoms with Gasteiger partial charge in [-0.2, -0.15) is 0 Å². The lowest BCUT2D eigenvalue weighted by atomic mass is 9.76. The zero-order valence-electron chi connectivity index (χ0n) is 22.4. The van der Waals surface area contributed by atoms with Crippen molar-refractivity contribution < 1.29 is 4.84 Å². The second kappa shape index (κ2) is 8.25. The van der Waals surface area contributed by atoms with E-state index in [1.165, 1.54) is 64.8 Å². The van der Waals surface area contributed by atoms with Crippen LogP contribution in [0.3, 0.4) is 0 Å². The zero-order chi connectivity index (χ0) is 24.5. The number of oxime groups is 1. The molecular weight excluding hydrogens is 428 g/mol. The molecule has 0 aromatic heterocycles. The van der Waals surface area contributed by atoms with Crippen LogP contribution in [0.4, 0.5) is 5.69 Å². The van der Waals surface area contributed by atoms with Gasteiger partial charge in [0.1, 0.15) is 0 Å². The molecule has 3 aliphatic heterocycles. The Labute approximate surface area is 211 Å². The molecule has 0 saturated heterocycles. The predicted molar refractivity (Wildman–Crippen MR) is 147 cm³/mol. The van der Waals surface area contributed by atoms with E-state index in [0.717, 1.165) is 25.1 Å². The molecule has 3 nitrogen and oxygen atoms in total. The summed E-state index contributed by atoms with van der Waals surface area (Å²) in [6, 6.07) is 12.1. The topological polar surface area (TPSA) is 24.8 Å². The van der Waals surface area contributed by atoms with Gasteiger partial charge in [0.2, 0.25) is 6.23 Å². The number of unbranched alkanes of at least 4 members (excludes halogenated alkanes) is 2. The Bertz CT molecular complexity index is 1250. The first-order valence-corrected chi connectivity index (χ1v) is 14.0. The molecular formula is C32H40N2O. The lowest BCUT2D eigenvalue weighted by Crippen LogP contribution is -2.49. The third-order valence-corrected chi connectivity index (χ3v) is 9.38. The molecule has 2 aromatic carbocycles. The third kappa shape index (κ3) is 3.19. The predicted octanol–water partition coefficient (Wildman–Crippen LogP) is 8.98. The lowest BCUT2D eigenvalue weighted by Gasteiger charge is -2.41. The van der Waals surface area contributed by atoms with Crippen molar-refractivity contribution in [1.82, 2.24) is 0 Å². The van der Waals surface area contributed by atoms with Crippen molar-refractivity contribution >= 4 is 17.1 Å². The van der Waals surface area contributed by atoms with Crippen LogP contribution in [0.1, 0.15) is 121 Å². The molecule has 2 aromatic rings. The number of hydrogen-bond acceptors (Lipinski definition) is 3. The van der Waals surface area contributed by atoms with Gasteiger partial charge in [-0.1, -0.05) is 78.1 Å². The summed E-state index contributed by atoms with van der Waals surface area (Å²) in [5, 5.41) is 4.82. The maximum atomic E-state index is 6.42. The van der Waals surface area contributed by atoms with Crippen molar-refractivity contribution in [2.45, 2.75) is 105 Å². The highest BCUT2D eigenvalue weighted by Crippen LogP contribution is 2.64. The van der Waals surface area contributed by atoms with Crippen molar-refractivity contribution in [3.05, 3.63) is 58.2 Å². The number of anilines is 1. The van der Waals surface area contributed by atoms with Crippen LogP contribution in [0.25, 0.3) is 16.7 Å². The molecule has 6 rings (SSSR count). The number of amidine groups is 1. The molecule has 3 heterocycles. The van der Waals surface area contributed by atoms with Gasteiger partial charge in [0.25, 0.3) is 0 Å². The summed E-state index contributed by atoms with van der Waals surface area (Å²) in [7, 11) is 0. The van der Waals surface area contributed by atoms with E-state index in [2.05, 4.69) is 76.8 Å². The van der Waals surface area contributed by atoms with Crippen molar-refractivity contribution in [2.24, 2.45) is 10.6 Å². The molecule has 2 unspecified atom stereocenters. The van der Waals surface area contributed by atoms with E-state index in [4.69, 9.17) is 9.99 Å². The van der Waals surface area contributed by atoms with Gasteiger partial charge in [-0.15, -0.1) is 0 Å². The van der Waals surface area contributed by atoms with Gasteiger partial charge in [-0.3, -0.25) is 4.90 Å². The molecule has 0 radical (unpaired) electrons. The molecule has 0 fully saturated rings. The van der Waals surface area contributed by atoms with Gasteiger partial charge in [0, 0.05) is 16.7 Å². The monoisotopic (exact) mass is 468 g/mol. The van der Waals surface area contributed by atoms with Crippen LogP contribution in [-0.2, 0) is 4.84 Å². The van der Waals surface area contributed by atoms with Gasteiger partial charge in [-0.25, -0.2) is 0 Å². The fraction of sp³-hybridized carbons (Fsp3) is 0.531. The van der Waals surface area contributed by atoms with Crippen LogP contribution >= 0.6 is 0 Å². The zero-order valence-corrected chi connectivity index (χ0v) is 22.4. The molecule has 4 aliphatic rings. The van der Waals surface area contributed by atoms with Crippen LogP contribution < -0.4 is 4.90 Å². The van der Waals surface area contributed by atoms with Gasteiger partial charge < -0.3 is 4.84 Å². The average molecular weight is 469 g/mol. The number of fused-ring (bicyclic) bond motifs is 4. The van der Waals surface area contributed by atoms with Crippen LogP contribution in [0.2, 0.25) is 0 Å². The average Bonchev–Trinajstić information content (AvgIpc) is 3.56. The van der Waals surface area contributed by atoms with E-state index in [1.807, 2.05) is 0 Å². The van der Waals surface area contributed by atoms with Crippen LogP contribution in [0, 0.1) is 5.41 Å². The summed E-state index contributed by atoms with van der Waals surface area (Å²) in [5.41, 5.74) is 12.7. The number of hydrogen-bond donors (Lipinski definition) is 0. The van der Waals surface area contributed by atoms with Crippen LogP contribution in [0.15, 0.2) is 41.1 Å². The number of allylic oxidation sites excluding steroid dienone is 1. The summed E-state index contributed by atoms with van der Waals surface area (Å²) >= 11 is 0. The fourth-order valence-corrected chi connectivity index (χ4v) is 6.93. The van der Waals surface area contributed by atoms with Crippen molar-refractivity contribution in [3.63, 3.8) is 0 Å². The van der Waals surface area contributed by atoms with E-state index in [1.54, 1.807) is 11.1 Å². The van der Waals surface area contributed by atoms with Crippen molar-refractivity contribution in [1.29, 1.82) is 0 Å². The minimum atomic E-state index is -0.0521.